The van der Waals surface area contributed by atoms with E-state index in [2.05, 4.69) is 4.98 Å². The highest BCUT2D eigenvalue weighted by Gasteiger charge is 2.11. The molecular weight excluding hydrogens is 192 g/mol. The summed E-state index contributed by atoms with van der Waals surface area (Å²) in [5.41, 5.74) is 5.58. The molecule has 78 valence electrons. The molecule has 5 nitrogen and oxygen atoms in total. The zero-order chi connectivity index (χ0) is 11.3. The van der Waals surface area contributed by atoms with Crippen LogP contribution in [0.2, 0.25) is 0 Å². The molecular formula is C10H12N4O. The Bertz CT molecular complexity index is 397. The quantitative estimate of drug-likeness (QED) is 0.775. The SMILES string of the molecule is CN(CCC#N)c1ncccc1C(N)=O. The minimum absolute atomic E-state index is 0.373. The molecule has 0 atom stereocenters. The molecule has 1 rings (SSSR count). The highest BCUT2D eigenvalue weighted by molar-refractivity contribution is 5.97. The van der Waals surface area contributed by atoms with Gasteiger partial charge in [0.1, 0.15) is 5.82 Å². The van der Waals surface area contributed by atoms with Gasteiger partial charge in [0.15, 0.2) is 0 Å². The van der Waals surface area contributed by atoms with Gasteiger partial charge in [-0.15, -0.1) is 0 Å². The fourth-order valence-corrected chi connectivity index (χ4v) is 1.22. The van der Waals surface area contributed by atoms with Crippen LogP contribution in [0.5, 0.6) is 0 Å². The summed E-state index contributed by atoms with van der Waals surface area (Å²) >= 11 is 0. The summed E-state index contributed by atoms with van der Waals surface area (Å²) in [6.07, 6.45) is 1.97. The fourth-order valence-electron chi connectivity index (χ4n) is 1.22. The number of rotatable bonds is 4. The van der Waals surface area contributed by atoms with Crippen molar-refractivity contribution in [3.63, 3.8) is 0 Å². The monoisotopic (exact) mass is 204 g/mol. The van der Waals surface area contributed by atoms with Crippen LogP contribution in [0, 0.1) is 11.3 Å². The number of amides is 1. The topological polar surface area (TPSA) is 83.0 Å². The molecule has 0 aliphatic rings. The van der Waals surface area contributed by atoms with Gasteiger partial charge in [0.05, 0.1) is 18.1 Å². The standard InChI is InChI=1S/C10H12N4O/c1-14(7-3-5-11)10-8(9(12)15)4-2-6-13-10/h2,4,6H,3,7H2,1H3,(H2,12,15). The minimum Gasteiger partial charge on any atom is -0.365 e. The first-order chi connectivity index (χ1) is 7.16. The van der Waals surface area contributed by atoms with Crippen molar-refractivity contribution in [3.05, 3.63) is 23.9 Å². The maximum Gasteiger partial charge on any atom is 0.252 e. The van der Waals surface area contributed by atoms with E-state index in [1.54, 1.807) is 30.3 Å². The van der Waals surface area contributed by atoms with E-state index in [0.717, 1.165) is 0 Å². The van der Waals surface area contributed by atoms with Crippen LogP contribution in [0.4, 0.5) is 5.82 Å². The van der Waals surface area contributed by atoms with Gasteiger partial charge in [-0.3, -0.25) is 4.79 Å². The predicted octanol–water partition coefficient (Wildman–Crippen LogP) is 0.530. The van der Waals surface area contributed by atoms with Gasteiger partial charge in [-0.05, 0) is 12.1 Å². The van der Waals surface area contributed by atoms with Crippen molar-refractivity contribution in [2.75, 3.05) is 18.5 Å². The van der Waals surface area contributed by atoms with E-state index in [0.29, 0.717) is 24.3 Å². The molecule has 0 spiro atoms. The summed E-state index contributed by atoms with van der Waals surface area (Å²) in [5, 5.41) is 8.45. The third-order valence-corrected chi connectivity index (χ3v) is 1.97. The minimum atomic E-state index is -0.512. The lowest BCUT2D eigenvalue weighted by atomic mass is 10.2. The molecule has 1 amide bonds. The third kappa shape index (κ3) is 2.68. The number of nitrogens with zero attached hydrogens (tertiary/aromatic N) is 3. The Morgan fingerprint density at radius 1 is 1.73 bits per heavy atom. The molecule has 0 bridgehead atoms. The maximum atomic E-state index is 11.1. The summed E-state index contributed by atoms with van der Waals surface area (Å²) in [7, 11) is 1.77. The number of hydrogen-bond donors (Lipinski definition) is 1. The zero-order valence-electron chi connectivity index (χ0n) is 8.47. The van der Waals surface area contributed by atoms with Gasteiger partial charge in [-0.1, -0.05) is 0 Å². The van der Waals surface area contributed by atoms with Crippen LogP contribution >= 0.6 is 0 Å². The number of hydrogen-bond acceptors (Lipinski definition) is 4. The Morgan fingerprint density at radius 2 is 2.47 bits per heavy atom. The molecule has 15 heavy (non-hydrogen) atoms. The second-order valence-electron chi connectivity index (χ2n) is 3.07. The van der Waals surface area contributed by atoms with Crippen LogP contribution in [-0.2, 0) is 0 Å². The Morgan fingerprint density at radius 3 is 3.07 bits per heavy atom. The Kier molecular flexibility index (Phi) is 3.63. The average Bonchev–Trinajstić information content (AvgIpc) is 2.25. The van der Waals surface area contributed by atoms with E-state index >= 15 is 0 Å². The van der Waals surface area contributed by atoms with Crippen LogP contribution in [0.15, 0.2) is 18.3 Å². The zero-order valence-corrected chi connectivity index (χ0v) is 8.47. The number of nitriles is 1. The number of primary amides is 1. The number of pyridine rings is 1. The van der Waals surface area contributed by atoms with E-state index in [9.17, 15) is 4.79 Å². The molecule has 0 aromatic carbocycles. The van der Waals surface area contributed by atoms with Crippen molar-refractivity contribution in [2.45, 2.75) is 6.42 Å². The van der Waals surface area contributed by atoms with E-state index in [4.69, 9.17) is 11.0 Å². The van der Waals surface area contributed by atoms with Crippen molar-refractivity contribution in [2.24, 2.45) is 5.73 Å². The second-order valence-corrected chi connectivity index (χ2v) is 3.07. The number of nitrogens with two attached hydrogens (primary N) is 1. The number of carbonyl (C=O) groups excluding carboxylic acids is 1. The molecule has 2 N–H and O–H groups in total. The molecule has 0 saturated carbocycles. The second kappa shape index (κ2) is 4.96. The highest BCUT2D eigenvalue weighted by Crippen LogP contribution is 2.14. The smallest absolute Gasteiger partial charge is 0.252 e. The summed E-state index contributed by atoms with van der Waals surface area (Å²) < 4.78 is 0. The number of carbonyl (C=O) groups is 1. The summed E-state index contributed by atoms with van der Waals surface area (Å²) in [5.74, 6) is 0.00200. The molecule has 0 fully saturated rings. The molecule has 0 aliphatic heterocycles. The van der Waals surface area contributed by atoms with Crippen LogP contribution in [0.25, 0.3) is 0 Å². The summed E-state index contributed by atoms with van der Waals surface area (Å²) in [4.78, 5) is 16.9. The van der Waals surface area contributed by atoms with Crippen molar-refractivity contribution in [1.82, 2.24) is 4.98 Å². The number of anilines is 1. The van der Waals surface area contributed by atoms with Gasteiger partial charge in [0.2, 0.25) is 0 Å². The van der Waals surface area contributed by atoms with Crippen LogP contribution in [0.3, 0.4) is 0 Å². The van der Waals surface area contributed by atoms with Gasteiger partial charge in [0.25, 0.3) is 5.91 Å². The van der Waals surface area contributed by atoms with Gasteiger partial charge in [0, 0.05) is 19.8 Å². The third-order valence-electron chi connectivity index (χ3n) is 1.97. The fraction of sp³-hybridized carbons (Fsp3) is 0.300. The number of aromatic nitrogens is 1. The van der Waals surface area contributed by atoms with E-state index in [1.165, 1.54) is 0 Å². The van der Waals surface area contributed by atoms with Gasteiger partial charge in [-0.25, -0.2) is 4.98 Å². The van der Waals surface area contributed by atoms with Crippen LogP contribution < -0.4 is 10.6 Å². The van der Waals surface area contributed by atoms with E-state index < -0.39 is 5.91 Å². The first-order valence-corrected chi connectivity index (χ1v) is 4.49. The first-order valence-electron chi connectivity index (χ1n) is 4.49. The predicted molar refractivity (Wildman–Crippen MR) is 56.3 cm³/mol. The normalized spacial score (nSPS) is 9.33. The lowest BCUT2D eigenvalue weighted by molar-refractivity contribution is 0.100. The van der Waals surface area contributed by atoms with Crippen LogP contribution in [-0.4, -0.2) is 24.5 Å². The van der Waals surface area contributed by atoms with E-state index in [1.807, 2.05) is 6.07 Å². The molecule has 0 unspecified atom stereocenters. The van der Waals surface area contributed by atoms with Crippen molar-refractivity contribution >= 4 is 11.7 Å². The Balaban J connectivity index is 2.93. The molecule has 0 aliphatic carbocycles. The molecule has 1 heterocycles. The van der Waals surface area contributed by atoms with Crippen molar-refractivity contribution < 1.29 is 4.79 Å². The highest BCUT2D eigenvalue weighted by atomic mass is 16.1. The van der Waals surface area contributed by atoms with E-state index in [-0.39, 0.29) is 0 Å². The first kappa shape index (κ1) is 11.0. The Labute approximate surface area is 88.1 Å². The van der Waals surface area contributed by atoms with Crippen LogP contribution in [0.1, 0.15) is 16.8 Å². The molecule has 0 saturated heterocycles. The van der Waals surface area contributed by atoms with Crippen molar-refractivity contribution in [3.8, 4) is 6.07 Å². The van der Waals surface area contributed by atoms with Gasteiger partial charge >= 0.3 is 0 Å². The molecule has 1 aromatic rings. The summed E-state index contributed by atoms with van der Waals surface area (Å²) in [6.45, 7) is 0.522. The lowest BCUT2D eigenvalue weighted by Crippen LogP contribution is -2.24. The van der Waals surface area contributed by atoms with Gasteiger partial charge in [-0.2, -0.15) is 5.26 Å². The molecule has 1 aromatic heterocycles. The molecule has 0 radical (unpaired) electrons. The van der Waals surface area contributed by atoms with Crippen molar-refractivity contribution in [1.29, 1.82) is 5.26 Å². The largest absolute Gasteiger partial charge is 0.365 e. The maximum absolute atomic E-state index is 11.1. The summed E-state index contributed by atoms with van der Waals surface area (Å²) in [6, 6.07) is 5.30. The van der Waals surface area contributed by atoms with Gasteiger partial charge < -0.3 is 10.6 Å². The average molecular weight is 204 g/mol. The lowest BCUT2D eigenvalue weighted by Gasteiger charge is -2.18. The Hall–Kier alpha value is -2.09. The molecule has 5 heteroatoms.